The first-order valence-corrected chi connectivity index (χ1v) is 6.54. The molecule has 100 valence electrons. The lowest BCUT2D eigenvalue weighted by Crippen LogP contribution is -2.31. The zero-order valence-electron chi connectivity index (χ0n) is 11.3. The highest BCUT2D eigenvalue weighted by atomic mass is 16.1. The van der Waals surface area contributed by atoms with E-state index in [1.54, 1.807) is 12.5 Å². The normalized spacial score (nSPS) is 12.1. The Morgan fingerprint density at radius 1 is 1.37 bits per heavy atom. The Hall–Kier alpha value is -2.10. The van der Waals surface area contributed by atoms with Crippen molar-refractivity contribution in [2.24, 2.45) is 0 Å². The predicted octanol–water partition coefficient (Wildman–Crippen LogP) is 2.46. The first kappa shape index (κ1) is 13.3. The summed E-state index contributed by atoms with van der Waals surface area (Å²) in [6.07, 6.45) is 6.39. The second-order valence-corrected chi connectivity index (χ2v) is 4.71. The molecule has 1 amide bonds. The number of rotatable bonds is 5. The van der Waals surface area contributed by atoms with Crippen LogP contribution in [0.1, 0.15) is 36.2 Å². The van der Waals surface area contributed by atoms with Crippen molar-refractivity contribution >= 4 is 5.91 Å². The molecule has 0 aliphatic carbocycles. The molecule has 1 atom stereocenters. The number of nitrogens with one attached hydrogen (secondary N) is 1. The third kappa shape index (κ3) is 3.68. The van der Waals surface area contributed by atoms with Crippen molar-refractivity contribution in [3.63, 3.8) is 0 Å². The van der Waals surface area contributed by atoms with Gasteiger partial charge in [0.1, 0.15) is 0 Å². The van der Waals surface area contributed by atoms with Crippen molar-refractivity contribution in [3.8, 4) is 0 Å². The van der Waals surface area contributed by atoms with Crippen molar-refractivity contribution in [2.75, 3.05) is 0 Å². The molecule has 0 bridgehead atoms. The van der Waals surface area contributed by atoms with Crippen molar-refractivity contribution < 1.29 is 4.79 Å². The van der Waals surface area contributed by atoms with E-state index >= 15 is 0 Å². The van der Waals surface area contributed by atoms with Crippen molar-refractivity contribution in [1.29, 1.82) is 0 Å². The quantitative estimate of drug-likeness (QED) is 0.894. The highest BCUT2D eigenvalue weighted by Crippen LogP contribution is 2.07. The minimum Gasteiger partial charge on any atom is -0.350 e. The molecule has 0 radical (unpaired) electrons. The molecule has 2 rings (SSSR count). The lowest BCUT2D eigenvalue weighted by Gasteiger charge is -2.11. The van der Waals surface area contributed by atoms with Gasteiger partial charge in [-0.1, -0.05) is 19.1 Å². The van der Waals surface area contributed by atoms with E-state index in [2.05, 4.69) is 17.2 Å². The fraction of sp³-hybridized carbons (Fsp3) is 0.333. The van der Waals surface area contributed by atoms with Gasteiger partial charge in [0, 0.05) is 30.5 Å². The summed E-state index contributed by atoms with van der Waals surface area (Å²) in [7, 11) is 0. The number of nitrogens with zero attached hydrogens (tertiary/aromatic N) is 2. The van der Waals surface area contributed by atoms with Crippen LogP contribution >= 0.6 is 0 Å². The molecule has 1 aromatic carbocycles. The van der Waals surface area contributed by atoms with Gasteiger partial charge in [0.2, 0.25) is 0 Å². The summed E-state index contributed by atoms with van der Waals surface area (Å²) in [6.45, 7) is 4.83. The monoisotopic (exact) mass is 257 g/mol. The third-order valence-corrected chi connectivity index (χ3v) is 3.13. The van der Waals surface area contributed by atoms with Crippen molar-refractivity contribution in [3.05, 3.63) is 54.1 Å². The standard InChI is InChI=1S/C15H19N3O/c1-3-12(2)17-15(19)14-6-4-13(5-7-14)10-18-9-8-16-11-18/h4-9,11-12H,3,10H2,1-2H3,(H,17,19)/t12-/m0/s1. The summed E-state index contributed by atoms with van der Waals surface area (Å²) in [5, 5.41) is 2.96. The molecule has 1 N–H and O–H groups in total. The van der Waals surface area contributed by atoms with Gasteiger partial charge in [-0.25, -0.2) is 4.98 Å². The lowest BCUT2D eigenvalue weighted by molar-refractivity contribution is 0.0939. The van der Waals surface area contributed by atoms with E-state index in [0.717, 1.165) is 18.5 Å². The van der Waals surface area contributed by atoms with Crippen LogP contribution in [0.4, 0.5) is 0 Å². The molecular formula is C15H19N3O. The average Bonchev–Trinajstić information content (AvgIpc) is 2.92. The highest BCUT2D eigenvalue weighted by Gasteiger charge is 2.08. The van der Waals surface area contributed by atoms with E-state index in [-0.39, 0.29) is 11.9 Å². The van der Waals surface area contributed by atoms with Crippen LogP contribution in [0.5, 0.6) is 0 Å². The minimum atomic E-state index is -0.0106. The van der Waals surface area contributed by atoms with E-state index in [1.165, 1.54) is 0 Å². The summed E-state index contributed by atoms with van der Waals surface area (Å²) >= 11 is 0. The molecule has 0 saturated carbocycles. The fourth-order valence-electron chi connectivity index (χ4n) is 1.76. The number of amides is 1. The summed E-state index contributed by atoms with van der Waals surface area (Å²) in [4.78, 5) is 15.9. The highest BCUT2D eigenvalue weighted by molar-refractivity contribution is 5.94. The van der Waals surface area contributed by atoms with Gasteiger partial charge in [-0.05, 0) is 31.0 Å². The van der Waals surface area contributed by atoms with E-state index in [9.17, 15) is 4.79 Å². The molecule has 1 heterocycles. The molecule has 2 aromatic rings. The number of carbonyl (C=O) groups is 1. The van der Waals surface area contributed by atoms with Gasteiger partial charge >= 0.3 is 0 Å². The van der Waals surface area contributed by atoms with E-state index < -0.39 is 0 Å². The Morgan fingerprint density at radius 2 is 2.11 bits per heavy atom. The van der Waals surface area contributed by atoms with Gasteiger partial charge in [-0.15, -0.1) is 0 Å². The molecule has 0 aliphatic rings. The second-order valence-electron chi connectivity index (χ2n) is 4.71. The van der Waals surface area contributed by atoms with Crippen molar-refractivity contribution in [2.45, 2.75) is 32.9 Å². The minimum absolute atomic E-state index is 0.0106. The number of aromatic nitrogens is 2. The Balaban J connectivity index is 2.00. The predicted molar refractivity (Wildman–Crippen MR) is 75.0 cm³/mol. The zero-order chi connectivity index (χ0) is 13.7. The van der Waals surface area contributed by atoms with E-state index in [1.807, 2.05) is 42.0 Å². The van der Waals surface area contributed by atoms with Crippen LogP contribution in [0.25, 0.3) is 0 Å². The van der Waals surface area contributed by atoms with Crippen LogP contribution in [0.3, 0.4) is 0 Å². The Bertz CT molecular complexity index is 517. The Kier molecular flexibility index (Phi) is 4.34. The molecule has 0 unspecified atom stereocenters. The SMILES string of the molecule is CC[C@H](C)NC(=O)c1ccc(Cn2ccnc2)cc1. The maximum atomic E-state index is 11.9. The fourth-order valence-corrected chi connectivity index (χ4v) is 1.76. The van der Waals surface area contributed by atoms with Crippen LogP contribution in [0.15, 0.2) is 43.0 Å². The first-order valence-electron chi connectivity index (χ1n) is 6.54. The van der Waals surface area contributed by atoms with Crippen LogP contribution < -0.4 is 5.32 Å². The van der Waals surface area contributed by atoms with Gasteiger partial charge in [0.05, 0.1) is 6.33 Å². The molecule has 4 nitrogen and oxygen atoms in total. The van der Waals surface area contributed by atoms with E-state index in [0.29, 0.717) is 5.56 Å². The smallest absolute Gasteiger partial charge is 0.251 e. The summed E-state index contributed by atoms with van der Waals surface area (Å²) in [6, 6.07) is 7.89. The maximum absolute atomic E-state index is 11.9. The average molecular weight is 257 g/mol. The van der Waals surface area contributed by atoms with Gasteiger partial charge in [-0.2, -0.15) is 0 Å². The largest absolute Gasteiger partial charge is 0.350 e. The molecule has 1 aromatic heterocycles. The van der Waals surface area contributed by atoms with Gasteiger partial charge in [0.25, 0.3) is 5.91 Å². The molecule has 0 saturated heterocycles. The third-order valence-electron chi connectivity index (χ3n) is 3.13. The van der Waals surface area contributed by atoms with Crippen LogP contribution in [0, 0.1) is 0 Å². The summed E-state index contributed by atoms with van der Waals surface area (Å²) < 4.78 is 1.99. The van der Waals surface area contributed by atoms with Gasteiger partial charge in [0.15, 0.2) is 0 Å². The Morgan fingerprint density at radius 3 is 2.68 bits per heavy atom. The molecular weight excluding hydrogens is 238 g/mol. The van der Waals surface area contributed by atoms with Crippen LogP contribution in [-0.4, -0.2) is 21.5 Å². The number of carbonyl (C=O) groups excluding carboxylic acids is 1. The zero-order valence-corrected chi connectivity index (χ0v) is 11.3. The molecule has 19 heavy (non-hydrogen) atoms. The molecule has 0 spiro atoms. The van der Waals surface area contributed by atoms with E-state index in [4.69, 9.17) is 0 Å². The summed E-state index contributed by atoms with van der Waals surface area (Å²) in [5.41, 5.74) is 1.85. The van der Waals surface area contributed by atoms with Crippen molar-refractivity contribution in [1.82, 2.24) is 14.9 Å². The number of benzene rings is 1. The second kappa shape index (κ2) is 6.18. The van der Waals surface area contributed by atoms with Crippen LogP contribution in [-0.2, 0) is 6.54 Å². The molecule has 4 heteroatoms. The molecule has 0 aliphatic heterocycles. The number of hydrogen-bond acceptors (Lipinski definition) is 2. The van der Waals surface area contributed by atoms with Gasteiger partial charge < -0.3 is 9.88 Å². The van der Waals surface area contributed by atoms with Crippen LogP contribution in [0.2, 0.25) is 0 Å². The topological polar surface area (TPSA) is 46.9 Å². The Labute approximate surface area is 113 Å². The lowest BCUT2D eigenvalue weighted by atomic mass is 10.1. The number of imidazole rings is 1. The maximum Gasteiger partial charge on any atom is 0.251 e. The van der Waals surface area contributed by atoms with Gasteiger partial charge in [-0.3, -0.25) is 4.79 Å². The summed E-state index contributed by atoms with van der Waals surface area (Å²) in [5.74, 6) is -0.0106. The molecule has 0 fully saturated rings. The first-order chi connectivity index (χ1) is 9.19. The number of hydrogen-bond donors (Lipinski definition) is 1.